The predicted octanol–water partition coefficient (Wildman–Crippen LogP) is 3.52. The molecule has 1 rings (SSSR count). The third kappa shape index (κ3) is 2.72. The summed E-state index contributed by atoms with van der Waals surface area (Å²) < 4.78 is 36.4. The van der Waals surface area contributed by atoms with Crippen molar-refractivity contribution in [1.82, 2.24) is 0 Å². The van der Waals surface area contributed by atoms with Gasteiger partial charge in [-0.2, -0.15) is 13.2 Å². The van der Waals surface area contributed by atoms with Crippen molar-refractivity contribution >= 4 is 0 Å². The first-order valence-corrected chi connectivity index (χ1v) is 4.17. The van der Waals surface area contributed by atoms with Gasteiger partial charge in [0.15, 0.2) is 0 Å². The Labute approximate surface area is 64.8 Å². The van der Waals surface area contributed by atoms with E-state index >= 15 is 0 Å². The second kappa shape index (κ2) is 3.46. The molecule has 1 saturated carbocycles. The average Bonchev–Trinajstić information content (AvgIpc) is 2.10. The standard InChI is InChI=1S/C8H13F3/c9-8(10,11)7-5-3-1-2-4-6-7/h7H,1-6H2. The van der Waals surface area contributed by atoms with Crippen molar-refractivity contribution < 1.29 is 13.2 Å². The van der Waals surface area contributed by atoms with Crippen LogP contribution in [0.5, 0.6) is 0 Å². The van der Waals surface area contributed by atoms with Crippen LogP contribution < -0.4 is 0 Å². The fourth-order valence-corrected chi connectivity index (χ4v) is 1.61. The zero-order chi connectivity index (χ0) is 8.32. The topological polar surface area (TPSA) is 0 Å². The van der Waals surface area contributed by atoms with Crippen molar-refractivity contribution in [1.29, 1.82) is 0 Å². The second-order valence-electron chi connectivity index (χ2n) is 3.23. The molecule has 0 N–H and O–H groups in total. The Balaban J connectivity index is 2.43. The highest BCUT2D eigenvalue weighted by molar-refractivity contribution is 4.70. The molecule has 3 heteroatoms. The summed E-state index contributed by atoms with van der Waals surface area (Å²) in [6.07, 6.45) is 0.227. The van der Waals surface area contributed by atoms with Crippen molar-refractivity contribution in [3.63, 3.8) is 0 Å². The van der Waals surface area contributed by atoms with Gasteiger partial charge in [0.2, 0.25) is 0 Å². The van der Waals surface area contributed by atoms with E-state index in [2.05, 4.69) is 0 Å². The largest absolute Gasteiger partial charge is 0.391 e. The minimum atomic E-state index is -3.94. The van der Waals surface area contributed by atoms with E-state index in [0.29, 0.717) is 12.8 Å². The van der Waals surface area contributed by atoms with E-state index < -0.39 is 12.1 Å². The van der Waals surface area contributed by atoms with Gasteiger partial charge in [-0.05, 0) is 12.8 Å². The zero-order valence-electron chi connectivity index (χ0n) is 6.45. The van der Waals surface area contributed by atoms with Gasteiger partial charge in [-0.3, -0.25) is 0 Å². The van der Waals surface area contributed by atoms with Crippen molar-refractivity contribution in [3.8, 4) is 0 Å². The molecule has 0 aliphatic heterocycles. The van der Waals surface area contributed by atoms with E-state index in [4.69, 9.17) is 0 Å². The average molecular weight is 166 g/mol. The summed E-state index contributed by atoms with van der Waals surface area (Å²) in [6, 6.07) is 0. The molecule has 66 valence electrons. The van der Waals surface area contributed by atoms with Crippen molar-refractivity contribution in [2.45, 2.75) is 44.7 Å². The van der Waals surface area contributed by atoms with Gasteiger partial charge in [0, 0.05) is 0 Å². The van der Waals surface area contributed by atoms with Crippen molar-refractivity contribution in [2.75, 3.05) is 0 Å². The predicted molar refractivity (Wildman–Crippen MR) is 37.2 cm³/mol. The maximum atomic E-state index is 12.1. The molecular weight excluding hydrogens is 153 g/mol. The fraction of sp³-hybridized carbons (Fsp3) is 1.00. The Morgan fingerprint density at radius 3 is 1.64 bits per heavy atom. The molecule has 0 bridgehead atoms. The summed E-state index contributed by atoms with van der Waals surface area (Å²) in [7, 11) is 0. The number of rotatable bonds is 0. The summed E-state index contributed by atoms with van der Waals surface area (Å²) in [4.78, 5) is 0. The van der Waals surface area contributed by atoms with E-state index in [1.807, 2.05) is 0 Å². The summed E-state index contributed by atoms with van der Waals surface area (Å²) >= 11 is 0. The molecule has 0 aromatic carbocycles. The quantitative estimate of drug-likeness (QED) is 0.483. The van der Waals surface area contributed by atoms with Crippen LogP contribution in [0.3, 0.4) is 0 Å². The number of hydrogen-bond acceptors (Lipinski definition) is 0. The molecular formula is C8H13F3. The van der Waals surface area contributed by atoms with Crippen LogP contribution in [0.2, 0.25) is 0 Å². The van der Waals surface area contributed by atoms with Crippen LogP contribution in [0.15, 0.2) is 0 Å². The van der Waals surface area contributed by atoms with Crippen LogP contribution in [0.25, 0.3) is 0 Å². The Kier molecular flexibility index (Phi) is 2.79. The van der Waals surface area contributed by atoms with E-state index in [1.54, 1.807) is 0 Å². The van der Waals surface area contributed by atoms with E-state index in [0.717, 1.165) is 25.7 Å². The summed E-state index contributed by atoms with van der Waals surface area (Å²) in [5, 5.41) is 0. The first-order valence-electron chi connectivity index (χ1n) is 4.17. The van der Waals surface area contributed by atoms with Gasteiger partial charge < -0.3 is 0 Å². The van der Waals surface area contributed by atoms with Gasteiger partial charge in [0.05, 0.1) is 5.92 Å². The van der Waals surface area contributed by atoms with E-state index in [9.17, 15) is 13.2 Å². The van der Waals surface area contributed by atoms with Crippen molar-refractivity contribution in [3.05, 3.63) is 0 Å². The normalized spacial score (nSPS) is 23.2. The molecule has 1 aliphatic carbocycles. The van der Waals surface area contributed by atoms with Crippen LogP contribution in [0, 0.1) is 5.92 Å². The maximum absolute atomic E-state index is 12.1. The molecule has 0 atom stereocenters. The third-order valence-corrected chi connectivity index (χ3v) is 2.32. The third-order valence-electron chi connectivity index (χ3n) is 2.32. The van der Waals surface area contributed by atoms with Crippen LogP contribution >= 0.6 is 0 Å². The molecule has 11 heavy (non-hydrogen) atoms. The highest BCUT2D eigenvalue weighted by Crippen LogP contribution is 2.36. The molecule has 0 saturated heterocycles. The van der Waals surface area contributed by atoms with Crippen LogP contribution in [-0.4, -0.2) is 6.18 Å². The second-order valence-corrected chi connectivity index (χ2v) is 3.23. The Hall–Kier alpha value is -0.210. The van der Waals surface area contributed by atoms with Crippen LogP contribution in [0.4, 0.5) is 13.2 Å². The first-order chi connectivity index (χ1) is 5.11. The molecule has 0 unspecified atom stereocenters. The summed E-state index contributed by atoms with van der Waals surface area (Å²) in [5.74, 6) is -1.01. The monoisotopic (exact) mass is 166 g/mol. The van der Waals surface area contributed by atoms with Gasteiger partial charge in [-0.15, -0.1) is 0 Å². The van der Waals surface area contributed by atoms with Gasteiger partial charge in [0.25, 0.3) is 0 Å². The van der Waals surface area contributed by atoms with Gasteiger partial charge in [-0.25, -0.2) is 0 Å². The highest BCUT2D eigenvalue weighted by atomic mass is 19.4. The van der Waals surface area contributed by atoms with Gasteiger partial charge in [0.1, 0.15) is 0 Å². The van der Waals surface area contributed by atoms with Crippen molar-refractivity contribution in [2.24, 2.45) is 5.92 Å². The SMILES string of the molecule is FC(F)(F)C1CCCCCC1. The number of halogens is 3. The lowest BCUT2D eigenvalue weighted by molar-refractivity contribution is -0.177. The molecule has 1 aliphatic rings. The lowest BCUT2D eigenvalue weighted by Gasteiger charge is -2.17. The molecule has 1 fully saturated rings. The zero-order valence-corrected chi connectivity index (χ0v) is 6.45. The smallest absolute Gasteiger partial charge is 0.171 e. The minimum absolute atomic E-state index is 0.351. The molecule has 0 aromatic heterocycles. The molecule has 0 heterocycles. The molecule has 0 amide bonds. The van der Waals surface area contributed by atoms with E-state index in [-0.39, 0.29) is 0 Å². The highest BCUT2D eigenvalue weighted by Gasteiger charge is 2.38. The first kappa shape index (κ1) is 8.88. The minimum Gasteiger partial charge on any atom is -0.171 e. The maximum Gasteiger partial charge on any atom is 0.391 e. The Morgan fingerprint density at radius 2 is 1.27 bits per heavy atom. The van der Waals surface area contributed by atoms with Crippen LogP contribution in [0.1, 0.15) is 38.5 Å². The Morgan fingerprint density at radius 1 is 0.818 bits per heavy atom. The van der Waals surface area contributed by atoms with E-state index in [1.165, 1.54) is 0 Å². The molecule has 0 radical (unpaired) electrons. The molecule has 0 aromatic rings. The molecule has 0 nitrogen and oxygen atoms in total. The summed E-state index contributed by atoms with van der Waals surface area (Å²) in [6.45, 7) is 0. The molecule has 0 spiro atoms. The summed E-state index contributed by atoms with van der Waals surface area (Å²) in [5.41, 5.74) is 0. The lowest BCUT2D eigenvalue weighted by Crippen LogP contribution is -2.21. The fourth-order valence-electron chi connectivity index (χ4n) is 1.61. The Bertz CT molecular complexity index is 109. The van der Waals surface area contributed by atoms with Gasteiger partial charge in [-0.1, -0.05) is 25.7 Å². The van der Waals surface area contributed by atoms with Crippen LogP contribution in [-0.2, 0) is 0 Å². The number of alkyl halides is 3. The van der Waals surface area contributed by atoms with Gasteiger partial charge >= 0.3 is 6.18 Å². The number of hydrogen-bond donors (Lipinski definition) is 0. The lowest BCUT2D eigenvalue weighted by atomic mass is 10.0.